The second kappa shape index (κ2) is 5.71. The zero-order valence-corrected chi connectivity index (χ0v) is 12.5. The lowest BCUT2D eigenvalue weighted by Crippen LogP contribution is -2.36. The molecule has 110 valence electrons. The Bertz CT molecular complexity index is 622. The highest BCUT2D eigenvalue weighted by atomic mass is 16.2. The van der Waals surface area contributed by atoms with E-state index in [0.29, 0.717) is 5.69 Å². The van der Waals surface area contributed by atoms with Crippen molar-refractivity contribution in [1.29, 1.82) is 0 Å². The van der Waals surface area contributed by atoms with Crippen LogP contribution in [0.1, 0.15) is 32.8 Å². The summed E-state index contributed by atoms with van der Waals surface area (Å²) in [4.78, 5) is 26.1. The number of hydrogen-bond acceptors (Lipinski definition) is 3. The van der Waals surface area contributed by atoms with Crippen LogP contribution in [0.2, 0.25) is 0 Å². The third kappa shape index (κ3) is 2.70. The van der Waals surface area contributed by atoms with Crippen molar-refractivity contribution in [2.24, 2.45) is 11.3 Å². The summed E-state index contributed by atoms with van der Waals surface area (Å²) in [5.74, 6) is 5.14. The Kier molecular flexibility index (Phi) is 4.15. The predicted molar refractivity (Wildman–Crippen MR) is 80.5 cm³/mol. The number of carbonyl (C=O) groups is 2. The Morgan fingerprint density at radius 1 is 1.29 bits per heavy atom. The lowest BCUT2D eigenvalue weighted by Gasteiger charge is -2.26. The van der Waals surface area contributed by atoms with Crippen LogP contribution >= 0.6 is 0 Å². The van der Waals surface area contributed by atoms with Crippen molar-refractivity contribution in [2.45, 2.75) is 27.2 Å². The van der Waals surface area contributed by atoms with E-state index in [4.69, 9.17) is 5.11 Å². The second-order valence-corrected chi connectivity index (χ2v) is 5.79. The molecule has 2 amide bonds. The fourth-order valence-electron chi connectivity index (χ4n) is 2.39. The lowest BCUT2D eigenvalue weighted by atomic mass is 9.78. The van der Waals surface area contributed by atoms with Gasteiger partial charge in [-0.25, -0.2) is 0 Å². The summed E-state index contributed by atoms with van der Waals surface area (Å²) < 4.78 is 0. The molecule has 1 aliphatic heterocycles. The molecule has 2 rings (SSSR count). The van der Waals surface area contributed by atoms with E-state index in [9.17, 15) is 9.59 Å². The van der Waals surface area contributed by atoms with Crippen LogP contribution in [0, 0.1) is 23.2 Å². The predicted octanol–water partition coefficient (Wildman–Crippen LogP) is 1.96. The molecule has 1 unspecified atom stereocenters. The van der Waals surface area contributed by atoms with Crippen molar-refractivity contribution in [1.82, 2.24) is 0 Å². The summed E-state index contributed by atoms with van der Waals surface area (Å²) in [5, 5.41) is 8.66. The van der Waals surface area contributed by atoms with Crippen LogP contribution in [0.25, 0.3) is 0 Å². The maximum atomic E-state index is 12.6. The lowest BCUT2D eigenvalue weighted by molar-refractivity contribution is -0.126. The number of benzene rings is 1. The average Bonchev–Trinajstić information content (AvgIpc) is 2.69. The monoisotopic (exact) mass is 285 g/mol. The van der Waals surface area contributed by atoms with Gasteiger partial charge in [-0.15, -0.1) is 0 Å². The maximum absolute atomic E-state index is 12.6. The second-order valence-electron chi connectivity index (χ2n) is 5.79. The van der Waals surface area contributed by atoms with E-state index in [2.05, 4.69) is 11.8 Å². The number of rotatable bonds is 2. The van der Waals surface area contributed by atoms with Gasteiger partial charge in [-0.3, -0.25) is 14.5 Å². The molecule has 21 heavy (non-hydrogen) atoms. The van der Waals surface area contributed by atoms with Crippen molar-refractivity contribution in [2.75, 3.05) is 11.5 Å². The largest absolute Gasteiger partial charge is 0.384 e. The van der Waals surface area contributed by atoms with Gasteiger partial charge in [0.25, 0.3) is 0 Å². The zero-order valence-electron chi connectivity index (χ0n) is 12.5. The van der Waals surface area contributed by atoms with Gasteiger partial charge in [0.15, 0.2) is 0 Å². The Balaban J connectivity index is 2.30. The molecule has 1 aliphatic rings. The van der Waals surface area contributed by atoms with Crippen LogP contribution in [-0.4, -0.2) is 23.5 Å². The number of anilines is 1. The molecule has 0 bridgehead atoms. The van der Waals surface area contributed by atoms with E-state index >= 15 is 0 Å². The molecule has 1 aromatic rings. The van der Waals surface area contributed by atoms with E-state index in [0.717, 1.165) is 5.56 Å². The van der Waals surface area contributed by atoms with Crippen LogP contribution in [0.15, 0.2) is 24.3 Å². The van der Waals surface area contributed by atoms with Gasteiger partial charge in [-0.2, -0.15) is 0 Å². The van der Waals surface area contributed by atoms with E-state index < -0.39 is 5.41 Å². The first-order valence-electron chi connectivity index (χ1n) is 6.97. The standard InChI is InChI=1S/C17H19NO3/c1-12(2)17(3)11-15(20)18(16(17)21)14-8-6-13(7-9-14)5-4-10-19/h6-9,12,19H,10-11H2,1-3H3. The minimum absolute atomic E-state index is 0.105. The number of hydrogen-bond donors (Lipinski definition) is 1. The molecule has 1 atom stereocenters. The van der Waals surface area contributed by atoms with Gasteiger partial charge in [0, 0.05) is 12.0 Å². The highest BCUT2D eigenvalue weighted by Gasteiger charge is 2.50. The Hall–Kier alpha value is -2.12. The number of imide groups is 1. The molecule has 1 fully saturated rings. The van der Waals surface area contributed by atoms with Crippen LogP contribution in [0.5, 0.6) is 0 Å². The highest BCUT2D eigenvalue weighted by molar-refractivity contribution is 6.22. The van der Waals surface area contributed by atoms with E-state index in [1.165, 1.54) is 4.90 Å². The summed E-state index contributed by atoms with van der Waals surface area (Å²) in [6, 6.07) is 6.90. The molecule has 0 saturated carbocycles. The van der Waals surface area contributed by atoms with Crippen LogP contribution in [0.4, 0.5) is 5.69 Å². The first kappa shape index (κ1) is 15.3. The fraction of sp³-hybridized carbons (Fsp3) is 0.412. The summed E-state index contributed by atoms with van der Waals surface area (Å²) >= 11 is 0. The topological polar surface area (TPSA) is 57.6 Å². The average molecular weight is 285 g/mol. The quantitative estimate of drug-likeness (QED) is 0.667. The van der Waals surface area contributed by atoms with Gasteiger partial charge in [-0.1, -0.05) is 25.7 Å². The third-order valence-electron chi connectivity index (χ3n) is 4.17. The zero-order chi connectivity index (χ0) is 15.6. The van der Waals surface area contributed by atoms with E-state index in [1.807, 2.05) is 20.8 Å². The first-order valence-corrected chi connectivity index (χ1v) is 6.97. The normalized spacial score (nSPS) is 21.7. The molecule has 1 aromatic carbocycles. The summed E-state index contributed by atoms with van der Waals surface area (Å²) in [5.41, 5.74) is 0.675. The van der Waals surface area contributed by atoms with E-state index in [1.54, 1.807) is 24.3 Å². The van der Waals surface area contributed by atoms with Gasteiger partial charge in [0.2, 0.25) is 11.8 Å². The Morgan fingerprint density at radius 2 is 1.90 bits per heavy atom. The summed E-state index contributed by atoms with van der Waals surface area (Å²) in [7, 11) is 0. The molecule has 0 aromatic heterocycles. The maximum Gasteiger partial charge on any atom is 0.240 e. The van der Waals surface area contributed by atoms with Gasteiger partial charge in [0.1, 0.15) is 6.61 Å². The van der Waals surface area contributed by atoms with Gasteiger partial charge < -0.3 is 5.11 Å². The van der Waals surface area contributed by atoms with E-state index in [-0.39, 0.29) is 30.8 Å². The molecule has 0 spiro atoms. The number of amides is 2. The SMILES string of the molecule is CC(C)C1(C)CC(=O)N(c2ccc(C#CCO)cc2)C1=O. The number of carbonyl (C=O) groups excluding carboxylic acids is 2. The molecular weight excluding hydrogens is 266 g/mol. The third-order valence-corrected chi connectivity index (χ3v) is 4.17. The number of aliphatic hydroxyl groups excluding tert-OH is 1. The molecule has 4 heteroatoms. The smallest absolute Gasteiger partial charge is 0.240 e. The van der Waals surface area contributed by atoms with Crippen molar-refractivity contribution >= 4 is 17.5 Å². The molecule has 0 radical (unpaired) electrons. The molecule has 1 heterocycles. The fourth-order valence-corrected chi connectivity index (χ4v) is 2.39. The molecule has 1 N–H and O–H groups in total. The van der Waals surface area contributed by atoms with Crippen molar-refractivity contribution in [3.05, 3.63) is 29.8 Å². The minimum atomic E-state index is -0.632. The summed E-state index contributed by atoms with van der Waals surface area (Å²) in [6.07, 6.45) is 0.246. The summed E-state index contributed by atoms with van der Waals surface area (Å²) in [6.45, 7) is 5.57. The van der Waals surface area contributed by atoms with Crippen molar-refractivity contribution in [3.63, 3.8) is 0 Å². The van der Waals surface area contributed by atoms with Crippen LogP contribution < -0.4 is 4.90 Å². The van der Waals surface area contributed by atoms with Crippen molar-refractivity contribution in [3.8, 4) is 11.8 Å². The highest BCUT2D eigenvalue weighted by Crippen LogP contribution is 2.41. The number of nitrogens with zero attached hydrogens (tertiary/aromatic N) is 1. The van der Waals surface area contributed by atoms with Gasteiger partial charge >= 0.3 is 0 Å². The number of aliphatic hydroxyl groups is 1. The van der Waals surface area contributed by atoms with Crippen molar-refractivity contribution < 1.29 is 14.7 Å². The van der Waals surface area contributed by atoms with Crippen LogP contribution in [0.3, 0.4) is 0 Å². The van der Waals surface area contributed by atoms with Crippen LogP contribution in [-0.2, 0) is 9.59 Å². The van der Waals surface area contributed by atoms with Gasteiger partial charge in [-0.05, 0) is 37.1 Å². The minimum Gasteiger partial charge on any atom is -0.384 e. The molecular formula is C17H19NO3. The molecule has 1 saturated heterocycles. The molecule has 0 aliphatic carbocycles. The Morgan fingerprint density at radius 3 is 2.38 bits per heavy atom. The first-order chi connectivity index (χ1) is 9.90. The molecule has 4 nitrogen and oxygen atoms in total. The van der Waals surface area contributed by atoms with Gasteiger partial charge in [0.05, 0.1) is 11.1 Å². The Labute approximate surface area is 124 Å².